The van der Waals surface area contributed by atoms with Gasteiger partial charge in [0, 0.05) is 5.22 Å². The highest BCUT2D eigenvalue weighted by atomic mass is 127. The van der Waals surface area contributed by atoms with E-state index in [2.05, 4.69) is 38.8 Å². The lowest BCUT2D eigenvalue weighted by Gasteiger charge is -1.95. The van der Waals surface area contributed by atoms with Gasteiger partial charge in [-0.05, 0) is 42.6 Å². The largest absolute Gasteiger partial charge is 0.267 e. The van der Waals surface area contributed by atoms with Gasteiger partial charge in [0.05, 0.1) is 23.6 Å². The third-order valence-electron chi connectivity index (χ3n) is 1.77. The van der Waals surface area contributed by atoms with Crippen LogP contribution in [0.3, 0.4) is 0 Å². The zero-order valence-corrected chi connectivity index (χ0v) is 10.7. The lowest BCUT2D eigenvalue weighted by Crippen LogP contribution is -2.27. The summed E-state index contributed by atoms with van der Waals surface area (Å²) in [7, 11) is 0. The quantitative estimate of drug-likeness (QED) is 0.460. The van der Waals surface area contributed by atoms with Crippen LogP contribution in [0.2, 0.25) is 0 Å². The third kappa shape index (κ3) is 2.17. The predicted molar refractivity (Wildman–Crippen MR) is 68.0 cm³/mol. The molecular formula is C8H11IN3P. The van der Waals surface area contributed by atoms with Gasteiger partial charge in [0.15, 0.2) is 0 Å². The minimum Gasteiger partial charge on any atom is -0.267 e. The van der Waals surface area contributed by atoms with E-state index in [-0.39, 0.29) is 0 Å². The minimum absolute atomic E-state index is 0.595. The van der Waals surface area contributed by atoms with Crippen molar-refractivity contribution < 1.29 is 0 Å². The molecule has 0 aliphatic rings. The molecular weight excluding hydrogens is 296 g/mol. The maximum absolute atomic E-state index is 4.26. The van der Waals surface area contributed by atoms with Crippen molar-refractivity contribution in [3.63, 3.8) is 0 Å². The first kappa shape index (κ1) is 10.9. The first-order valence-electron chi connectivity index (χ1n) is 3.79. The molecule has 1 heterocycles. The Labute approximate surface area is 92.0 Å². The molecule has 1 atom stereocenters. The normalized spacial score (nSPS) is 15.5. The Hall–Kier alpha value is -0.220. The number of aliphatic imine (C=N–C) groups is 1. The van der Waals surface area contributed by atoms with Gasteiger partial charge in [0.2, 0.25) is 0 Å². The maximum atomic E-state index is 4.26. The molecule has 0 bridgehead atoms. The summed E-state index contributed by atoms with van der Waals surface area (Å²) >= 11 is 2.30. The second-order valence-electron chi connectivity index (χ2n) is 2.48. The van der Waals surface area contributed by atoms with Gasteiger partial charge < -0.3 is 0 Å². The molecule has 0 spiro atoms. The Bertz CT molecular complexity index is 421. The summed E-state index contributed by atoms with van der Waals surface area (Å²) in [6.45, 7) is 7.47. The Morgan fingerprint density at radius 1 is 1.85 bits per heavy atom. The molecule has 1 unspecified atom stereocenters. The smallest absolute Gasteiger partial charge is 0.0937 e. The van der Waals surface area contributed by atoms with E-state index in [1.807, 2.05) is 30.6 Å². The summed E-state index contributed by atoms with van der Waals surface area (Å²) < 4.78 is 1.94. The van der Waals surface area contributed by atoms with Crippen molar-refractivity contribution in [2.24, 2.45) is 4.99 Å². The molecule has 0 fully saturated rings. The van der Waals surface area contributed by atoms with Crippen LogP contribution in [0.1, 0.15) is 13.8 Å². The summed E-state index contributed by atoms with van der Waals surface area (Å²) in [6, 6.07) is 0. The molecule has 0 aliphatic carbocycles. The van der Waals surface area contributed by atoms with E-state index in [0.29, 0.717) is 6.37 Å². The monoisotopic (exact) mass is 307 g/mol. The summed E-state index contributed by atoms with van der Waals surface area (Å²) in [5.74, 6) is 0. The van der Waals surface area contributed by atoms with Crippen LogP contribution in [0.15, 0.2) is 11.2 Å². The van der Waals surface area contributed by atoms with Gasteiger partial charge in [-0.15, -0.1) is 0 Å². The van der Waals surface area contributed by atoms with E-state index in [0.717, 1.165) is 16.3 Å². The first-order chi connectivity index (χ1) is 6.24. The van der Waals surface area contributed by atoms with Crippen molar-refractivity contribution in [2.75, 3.05) is 0 Å². The molecule has 0 aromatic carbocycles. The van der Waals surface area contributed by atoms with Crippen LogP contribution in [-0.2, 0) is 0 Å². The highest BCUT2D eigenvalue weighted by Crippen LogP contribution is 2.18. The summed E-state index contributed by atoms with van der Waals surface area (Å²) in [6.07, 6.45) is 4.48. The van der Waals surface area contributed by atoms with Crippen molar-refractivity contribution in [3.05, 3.63) is 16.8 Å². The number of hydrogen-bond donors (Lipinski definition) is 0. The van der Waals surface area contributed by atoms with Crippen LogP contribution < -0.4 is 10.6 Å². The zero-order chi connectivity index (χ0) is 9.84. The van der Waals surface area contributed by atoms with Crippen LogP contribution in [0, 0.1) is 0 Å². The van der Waals surface area contributed by atoms with Crippen molar-refractivity contribution in [3.8, 4) is 0 Å². The fraction of sp³-hybridized carbons (Fsp3) is 0.250. The lowest BCUT2D eigenvalue weighted by molar-refractivity contribution is 0.972. The summed E-state index contributed by atoms with van der Waals surface area (Å²) in [4.78, 5) is 3.94. The highest BCUT2D eigenvalue weighted by Gasteiger charge is 1.98. The standard InChI is InChI=1S/C8H11IN3P/c1-4-7-5-11-12(13-9)8(7)6(2)10-3/h4-5,13H,3H2,1-2H3/b7-4-,8-6+. The second-order valence-corrected chi connectivity index (χ2v) is 4.52. The lowest BCUT2D eigenvalue weighted by atomic mass is 10.3. The number of halogens is 1. The van der Waals surface area contributed by atoms with Gasteiger partial charge >= 0.3 is 0 Å². The van der Waals surface area contributed by atoms with Crippen molar-refractivity contribution in [1.82, 2.24) is 9.55 Å². The van der Waals surface area contributed by atoms with E-state index < -0.39 is 0 Å². The summed E-state index contributed by atoms with van der Waals surface area (Å²) in [5, 5.41) is 6.45. The third-order valence-corrected chi connectivity index (χ3v) is 3.64. The molecule has 1 rings (SSSR count). The molecule has 3 nitrogen and oxygen atoms in total. The average Bonchev–Trinajstić information content (AvgIpc) is 2.59. The molecule has 13 heavy (non-hydrogen) atoms. The molecule has 0 saturated carbocycles. The molecule has 70 valence electrons. The molecule has 5 heteroatoms. The van der Waals surface area contributed by atoms with Gasteiger partial charge in [0.1, 0.15) is 0 Å². The van der Waals surface area contributed by atoms with Gasteiger partial charge in [-0.3, -0.25) is 4.99 Å². The molecule has 1 aromatic heterocycles. The summed E-state index contributed by atoms with van der Waals surface area (Å²) in [5.41, 5.74) is 0.926. The SMILES string of the molecule is C=N/C(C)=c1\c(=C/C)cnn1PI. The number of nitrogens with zero attached hydrogens (tertiary/aromatic N) is 3. The Morgan fingerprint density at radius 2 is 2.54 bits per heavy atom. The number of hydrogen-bond acceptors (Lipinski definition) is 2. The molecule has 0 amide bonds. The molecule has 0 N–H and O–H groups in total. The van der Waals surface area contributed by atoms with Gasteiger partial charge in [0.25, 0.3) is 0 Å². The second kappa shape index (κ2) is 4.86. The highest BCUT2D eigenvalue weighted by molar-refractivity contribution is 14.2. The minimum atomic E-state index is 0.595. The Kier molecular flexibility index (Phi) is 4.06. The number of aromatic nitrogens is 2. The molecule has 0 radical (unpaired) electrons. The van der Waals surface area contributed by atoms with Crippen molar-refractivity contribution >= 4 is 46.9 Å². The average molecular weight is 307 g/mol. The predicted octanol–water partition coefficient (Wildman–Crippen LogP) is 1.30. The van der Waals surface area contributed by atoms with Crippen molar-refractivity contribution in [2.45, 2.75) is 13.8 Å². The van der Waals surface area contributed by atoms with Crippen LogP contribution in [-0.4, -0.2) is 16.3 Å². The zero-order valence-electron chi connectivity index (χ0n) is 7.58. The Balaban J connectivity index is 3.66. The van der Waals surface area contributed by atoms with E-state index in [1.165, 1.54) is 0 Å². The van der Waals surface area contributed by atoms with Crippen LogP contribution >= 0.6 is 28.4 Å². The van der Waals surface area contributed by atoms with E-state index >= 15 is 0 Å². The van der Waals surface area contributed by atoms with Gasteiger partial charge in [-0.2, -0.15) is 5.10 Å². The van der Waals surface area contributed by atoms with Crippen LogP contribution in [0.5, 0.6) is 0 Å². The van der Waals surface area contributed by atoms with Gasteiger partial charge in [-0.1, -0.05) is 6.08 Å². The van der Waals surface area contributed by atoms with E-state index in [9.17, 15) is 0 Å². The van der Waals surface area contributed by atoms with Crippen LogP contribution in [0.25, 0.3) is 11.8 Å². The number of rotatable bonds is 2. The van der Waals surface area contributed by atoms with Crippen LogP contribution in [0.4, 0.5) is 0 Å². The van der Waals surface area contributed by atoms with E-state index in [1.54, 1.807) is 0 Å². The molecule has 0 aliphatic heterocycles. The first-order valence-corrected chi connectivity index (χ1v) is 7.85. The fourth-order valence-electron chi connectivity index (χ4n) is 1.07. The molecule has 0 saturated heterocycles. The molecule has 1 aromatic rings. The topological polar surface area (TPSA) is 30.2 Å². The van der Waals surface area contributed by atoms with Crippen molar-refractivity contribution in [1.29, 1.82) is 0 Å². The van der Waals surface area contributed by atoms with Gasteiger partial charge in [-0.25, -0.2) is 4.45 Å². The maximum Gasteiger partial charge on any atom is 0.0937 e. The Morgan fingerprint density at radius 3 is 3.00 bits per heavy atom. The fourth-order valence-corrected chi connectivity index (χ4v) is 2.65. The van der Waals surface area contributed by atoms with E-state index in [4.69, 9.17) is 0 Å².